The van der Waals surface area contributed by atoms with Crippen LogP contribution in [0, 0.1) is 12.7 Å². The second kappa shape index (κ2) is 8.04. The number of benzene rings is 1. The Hall–Kier alpha value is -3.20. The van der Waals surface area contributed by atoms with Crippen LogP contribution in [-0.4, -0.2) is 59.2 Å². The van der Waals surface area contributed by atoms with Gasteiger partial charge in [0.1, 0.15) is 12.4 Å². The number of fused-ring (bicyclic) bond motifs is 1. The largest absolute Gasteiger partial charge is 0.447 e. The zero-order valence-corrected chi connectivity index (χ0v) is 16.0. The number of pyridine rings is 1. The van der Waals surface area contributed by atoms with Crippen molar-refractivity contribution in [1.82, 2.24) is 14.8 Å². The Kier molecular flexibility index (Phi) is 5.30. The minimum absolute atomic E-state index is 0.0585. The van der Waals surface area contributed by atoms with Crippen LogP contribution in [0.25, 0.3) is 0 Å². The molecule has 0 radical (unpaired) electrons. The number of urea groups is 1. The number of aryl methyl sites for hydroxylation is 1. The van der Waals surface area contributed by atoms with Crippen molar-refractivity contribution in [2.45, 2.75) is 19.5 Å². The van der Waals surface area contributed by atoms with Gasteiger partial charge in [-0.15, -0.1) is 0 Å². The molecule has 9 heteroatoms. The van der Waals surface area contributed by atoms with Crippen LogP contribution < -0.4 is 10.6 Å². The van der Waals surface area contributed by atoms with Crippen LogP contribution in [0.3, 0.4) is 0 Å². The summed E-state index contributed by atoms with van der Waals surface area (Å²) in [5.41, 5.74) is 2.34. The number of hydrogen-bond donors (Lipinski definition) is 2. The van der Waals surface area contributed by atoms with Gasteiger partial charge in [0.25, 0.3) is 0 Å². The molecule has 152 valence electrons. The lowest BCUT2D eigenvalue weighted by Gasteiger charge is -2.35. The summed E-state index contributed by atoms with van der Waals surface area (Å²) in [5.74, 6) is -0.509. The van der Waals surface area contributed by atoms with Crippen LogP contribution in [0.15, 0.2) is 36.5 Å². The lowest BCUT2D eigenvalue weighted by atomic mass is 10.1. The number of halogens is 1. The first-order valence-electron chi connectivity index (χ1n) is 9.43. The van der Waals surface area contributed by atoms with E-state index in [2.05, 4.69) is 20.5 Å². The maximum absolute atomic E-state index is 14.2. The van der Waals surface area contributed by atoms with Gasteiger partial charge in [0.15, 0.2) is 0 Å². The number of nitrogens with zero attached hydrogens (tertiary/aromatic N) is 3. The van der Waals surface area contributed by atoms with Gasteiger partial charge >= 0.3 is 12.1 Å². The third kappa shape index (κ3) is 4.45. The SMILES string of the molecule is Cc1ccc(NC(=O)Nc2cc(CN3CCN4C(=O)OC[C@@H]4C3)ccc2F)cn1. The van der Waals surface area contributed by atoms with Crippen molar-refractivity contribution in [3.05, 3.63) is 53.6 Å². The van der Waals surface area contributed by atoms with E-state index in [1.165, 1.54) is 6.07 Å². The molecule has 0 aliphatic carbocycles. The van der Waals surface area contributed by atoms with Crippen molar-refractivity contribution in [2.24, 2.45) is 0 Å². The molecule has 1 aromatic carbocycles. The average Bonchev–Trinajstić information content (AvgIpc) is 3.06. The third-order valence-electron chi connectivity index (χ3n) is 5.05. The fourth-order valence-electron chi connectivity index (χ4n) is 3.55. The lowest BCUT2D eigenvalue weighted by molar-refractivity contribution is 0.115. The molecule has 1 aromatic heterocycles. The first-order chi connectivity index (χ1) is 14.0. The number of carbonyl (C=O) groups excluding carboxylic acids is 2. The summed E-state index contributed by atoms with van der Waals surface area (Å²) in [6, 6.07) is 7.70. The van der Waals surface area contributed by atoms with Crippen LogP contribution in [-0.2, 0) is 11.3 Å². The van der Waals surface area contributed by atoms with E-state index in [1.807, 2.05) is 6.92 Å². The van der Waals surface area contributed by atoms with Crippen LogP contribution in [0.4, 0.5) is 25.4 Å². The smallest absolute Gasteiger partial charge is 0.410 e. The number of rotatable bonds is 4. The molecule has 0 unspecified atom stereocenters. The summed E-state index contributed by atoms with van der Waals surface area (Å²) in [5, 5.41) is 5.18. The van der Waals surface area contributed by atoms with Crippen LogP contribution in [0.1, 0.15) is 11.3 Å². The Morgan fingerprint density at radius 1 is 1.28 bits per heavy atom. The molecule has 2 fully saturated rings. The van der Waals surface area contributed by atoms with Crippen LogP contribution >= 0.6 is 0 Å². The second-order valence-electron chi connectivity index (χ2n) is 7.24. The van der Waals surface area contributed by atoms with Gasteiger partial charge in [-0.2, -0.15) is 0 Å². The summed E-state index contributed by atoms with van der Waals surface area (Å²) < 4.78 is 19.3. The van der Waals surface area contributed by atoms with Crippen molar-refractivity contribution >= 4 is 23.5 Å². The highest BCUT2D eigenvalue weighted by molar-refractivity contribution is 5.99. The van der Waals surface area contributed by atoms with Crippen LogP contribution in [0.5, 0.6) is 0 Å². The molecule has 2 aliphatic heterocycles. The highest BCUT2D eigenvalue weighted by atomic mass is 19.1. The molecule has 4 rings (SSSR count). The van der Waals surface area contributed by atoms with Gasteiger partial charge in [0.2, 0.25) is 0 Å². The quantitative estimate of drug-likeness (QED) is 0.826. The minimum Gasteiger partial charge on any atom is -0.447 e. The average molecular weight is 399 g/mol. The Labute approximate surface area is 167 Å². The first-order valence-corrected chi connectivity index (χ1v) is 9.43. The Bertz CT molecular complexity index is 921. The zero-order chi connectivity index (χ0) is 20.4. The van der Waals surface area contributed by atoms with Crippen LogP contribution in [0.2, 0.25) is 0 Å². The monoisotopic (exact) mass is 399 g/mol. The number of anilines is 2. The van der Waals surface area contributed by atoms with Gasteiger partial charge in [0, 0.05) is 31.9 Å². The zero-order valence-electron chi connectivity index (χ0n) is 16.0. The van der Waals surface area contributed by atoms with Gasteiger partial charge in [0.05, 0.1) is 23.6 Å². The van der Waals surface area contributed by atoms with Gasteiger partial charge < -0.3 is 15.4 Å². The molecule has 0 saturated carbocycles. The molecule has 2 saturated heterocycles. The summed E-state index contributed by atoms with van der Waals surface area (Å²) in [6.07, 6.45) is 1.29. The minimum atomic E-state index is -0.540. The van der Waals surface area contributed by atoms with Crippen molar-refractivity contribution in [2.75, 3.05) is 36.9 Å². The number of nitrogens with one attached hydrogen (secondary N) is 2. The number of amides is 3. The topological polar surface area (TPSA) is 86.8 Å². The Balaban J connectivity index is 1.38. The number of carbonyl (C=O) groups is 2. The highest BCUT2D eigenvalue weighted by Crippen LogP contribution is 2.22. The van der Waals surface area contributed by atoms with E-state index < -0.39 is 11.8 Å². The molecule has 2 aliphatic rings. The fourth-order valence-corrected chi connectivity index (χ4v) is 3.55. The fraction of sp³-hybridized carbons (Fsp3) is 0.350. The second-order valence-corrected chi connectivity index (χ2v) is 7.24. The molecule has 8 nitrogen and oxygen atoms in total. The summed E-state index contributed by atoms with van der Waals surface area (Å²) in [6.45, 7) is 4.88. The third-order valence-corrected chi connectivity index (χ3v) is 5.05. The lowest BCUT2D eigenvalue weighted by Crippen LogP contribution is -2.51. The molecule has 3 amide bonds. The van der Waals surface area contributed by atoms with Crippen molar-refractivity contribution < 1.29 is 18.7 Å². The van der Waals surface area contributed by atoms with E-state index >= 15 is 0 Å². The summed E-state index contributed by atoms with van der Waals surface area (Å²) in [4.78, 5) is 31.8. The molecular formula is C20H22FN5O3. The van der Waals surface area contributed by atoms with Crippen molar-refractivity contribution in [1.29, 1.82) is 0 Å². The molecule has 0 spiro atoms. The molecule has 3 heterocycles. The molecular weight excluding hydrogens is 377 g/mol. The molecule has 2 N–H and O–H groups in total. The van der Waals surface area contributed by atoms with Gasteiger partial charge in [-0.05, 0) is 36.8 Å². The maximum atomic E-state index is 14.2. The van der Waals surface area contributed by atoms with Crippen molar-refractivity contribution in [3.8, 4) is 0 Å². The number of hydrogen-bond acceptors (Lipinski definition) is 5. The predicted octanol–water partition coefficient (Wildman–Crippen LogP) is 2.81. The molecule has 1 atom stereocenters. The predicted molar refractivity (Wildman–Crippen MR) is 105 cm³/mol. The van der Waals surface area contributed by atoms with Gasteiger partial charge in [-0.25, -0.2) is 14.0 Å². The van der Waals surface area contributed by atoms with E-state index in [0.29, 0.717) is 38.5 Å². The number of aromatic nitrogens is 1. The van der Waals surface area contributed by atoms with Crippen molar-refractivity contribution in [3.63, 3.8) is 0 Å². The number of piperazine rings is 1. The highest BCUT2D eigenvalue weighted by Gasteiger charge is 2.37. The molecule has 0 bridgehead atoms. The van der Waals surface area contributed by atoms with E-state index in [-0.39, 0.29) is 17.8 Å². The normalized spacial score (nSPS) is 18.9. The Morgan fingerprint density at radius 3 is 2.93 bits per heavy atom. The van der Waals surface area contributed by atoms with E-state index in [4.69, 9.17) is 4.74 Å². The summed E-state index contributed by atoms with van der Waals surface area (Å²) in [7, 11) is 0. The van der Waals surface area contributed by atoms with E-state index in [0.717, 1.165) is 11.3 Å². The molecule has 2 aromatic rings. The van der Waals surface area contributed by atoms with Gasteiger partial charge in [-0.1, -0.05) is 6.07 Å². The standard InChI is InChI=1S/C20H22FN5O3/c1-13-2-4-15(9-22-13)23-19(27)24-18-8-14(3-5-17(18)21)10-25-6-7-26-16(11-25)12-29-20(26)28/h2-5,8-9,16H,6-7,10-12H2,1H3,(H2,23,24,27)/t16-/m0/s1. The molecule has 29 heavy (non-hydrogen) atoms. The number of ether oxygens (including phenoxy) is 1. The Morgan fingerprint density at radius 2 is 2.14 bits per heavy atom. The maximum Gasteiger partial charge on any atom is 0.410 e. The van der Waals surface area contributed by atoms with E-state index in [1.54, 1.807) is 35.4 Å². The first kappa shape index (κ1) is 19.1. The number of cyclic esters (lactones) is 1. The van der Waals surface area contributed by atoms with E-state index in [9.17, 15) is 14.0 Å². The van der Waals surface area contributed by atoms with Gasteiger partial charge in [-0.3, -0.25) is 14.8 Å². The summed E-state index contributed by atoms with van der Waals surface area (Å²) >= 11 is 0.